The standard InChI is InChI=1S/C10H12F2O3S/c11-6-5-10(13)8-1-3-9(4-2-8)16(14,15)7-12/h1-4,10,13H,5-7H2/t10-/m0/s1. The maximum atomic E-state index is 12.1. The smallest absolute Gasteiger partial charge is 0.207 e. The summed E-state index contributed by atoms with van der Waals surface area (Å²) in [4.78, 5) is -0.147. The first-order valence-corrected chi connectivity index (χ1v) is 6.29. The number of sulfone groups is 1. The molecular formula is C10H12F2O3S. The van der Waals surface area contributed by atoms with Crippen molar-refractivity contribution in [2.75, 3.05) is 12.7 Å². The molecule has 1 rings (SSSR count). The number of benzene rings is 1. The number of hydrogen-bond donors (Lipinski definition) is 1. The molecule has 0 aliphatic rings. The second kappa shape index (κ2) is 5.36. The van der Waals surface area contributed by atoms with Crippen LogP contribution in [-0.4, -0.2) is 26.2 Å². The zero-order chi connectivity index (χ0) is 12.2. The van der Waals surface area contributed by atoms with Crippen LogP contribution in [0.3, 0.4) is 0 Å². The topological polar surface area (TPSA) is 54.4 Å². The third-order valence-corrected chi connectivity index (χ3v) is 3.43. The number of alkyl halides is 2. The SMILES string of the molecule is O=S(=O)(CF)c1ccc([C@@H](O)CCF)cc1. The summed E-state index contributed by atoms with van der Waals surface area (Å²) in [6, 6.07) is 3.64. The number of rotatable bonds is 5. The Balaban J connectivity index is 2.91. The van der Waals surface area contributed by atoms with Crippen molar-refractivity contribution >= 4 is 9.84 Å². The van der Waals surface area contributed by atoms with E-state index in [1.807, 2.05) is 0 Å². The Bertz CT molecular complexity index is 428. The number of aliphatic hydroxyl groups excluding tert-OH is 1. The maximum Gasteiger partial charge on any atom is 0.207 e. The molecule has 1 atom stereocenters. The van der Waals surface area contributed by atoms with Crippen LogP contribution >= 0.6 is 0 Å². The van der Waals surface area contributed by atoms with Crippen LogP contribution in [-0.2, 0) is 9.84 Å². The lowest BCUT2D eigenvalue weighted by Crippen LogP contribution is -2.04. The second-order valence-electron chi connectivity index (χ2n) is 3.29. The highest BCUT2D eigenvalue weighted by Gasteiger charge is 2.14. The molecule has 0 fully saturated rings. The van der Waals surface area contributed by atoms with E-state index in [-0.39, 0.29) is 11.3 Å². The Labute approximate surface area is 92.6 Å². The van der Waals surface area contributed by atoms with Crippen LogP contribution in [0.25, 0.3) is 0 Å². The molecular weight excluding hydrogens is 238 g/mol. The molecule has 1 aromatic carbocycles. The van der Waals surface area contributed by atoms with Gasteiger partial charge in [-0.3, -0.25) is 4.39 Å². The van der Waals surface area contributed by atoms with E-state index in [9.17, 15) is 22.3 Å². The highest BCUT2D eigenvalue weighted by Crippen LogP contribution is 2.19. The zero-order valence-electron chi connectivity index (χ0n) is 8.44. The maximum absolute atomic E-state index is 12.1. The summed E-state index contributed by atoms with van der Waals surface area (Å²) in [6.07, 6.45) is -1.01. The fourth-order valence-electron chi connectivity index (χ4n) is 1.23. The molecule has 0 radical (unpaired) electrons. The van der Waals surface area contributed by atoms with E-state index in [1.165, 1.54) is 24.3 Å². The molecule has 1 aromatic rings. The van der Waals surface area contributed by atoms with Gasteiger partial charge in [0, 0.05) is 6.42 Å². The monoisotopic (exact) mass is 250 g/mol. The van der Waals surface area contributed by atoms with Gasteiger partial charge in [-0.2, -0.15) is 0 Å². The van der Waals surface area contributed by atoms with Gasteiger partial charge in [0.2, 0.25) is 9.84 Å². The zero-order valence-corrected chi connectivity index (χ0v) is 9.25. The molecule has 0 heterocycles. The summed E-state index contributed by atoms with van der Waals surface area (Å²) in [5.41, 5.74) is 0.412. The van der Waals surface area contributed by atoms with Crippen molar-refractivity contribution < 1.29 is 22.3 Å². The Morgan fingerprint density at radius 1 is 1.19 bits per heavy atom. The quantitative estimate of drug-likeness (QED) is 0.866. The van der Waals surface area contributed by atoms with Gasteiger partial charge in [0.25, 0.3) is 0 Å². The molecule has 0 spiro atoms. The van der Waals surface area contributed by atoms with Gasteiger partial charge in [0.1, 0.15) is 0 Å². The highest BCUT2D eigenvalue weighted by molar-refractivity contribution is 7.91. The molecule has 6 heteroatoms. The third-order valence-electron chi connectivity index (χ3n) is 2.15. The summed E-state index contributed by atoms with van der Waals surface area (Å²) < 4.78 is 46.3. The largest absolute Gasteiger partial charge is 0.388 e. The fraction of sp³-hybridized carbons (Fsp3) is 0.400. The third kappa shape index (κ3) is 2.99. The van der Waals surface area contributed by atoms with E-state index in [1.54, 1.807) is 0 Å². The minimum Gasteiger partial charge on any atom is -0.388 e. The van der Waals surface area contributed by atoms with Gasteiger partial charge < -0.3 is 5.11 Å². The van der Waals surface area contributed by atoms with Crippen molar-refractivity contribution in [2.45, 2.75) is 17.4 Å². The highest BCUT2D eigenvalue weighted by atomic mass is 32.2. The summed E-state index contributed by atoms with van der Waals surface area (Å²) >= 11 is 0. The first-order chi connectivity index (χ1) is 7.51. The van der Waals surface area contributed by atoms with E-state index in [2.05, 4.69) is 0 Å². The molecule has 1 N–H and O–H groups in total. The summed E-state index contributed by atoms with van der Waals surface area (Å²) in [5.74, 6) is 0. The van der Waals surface area contributed by atoms with Crippen molar-refractivity contribution in [3.8, 4) is 0 Å². The molecule has 0 amide bonds. The lowest BCUT2D eigenvalue weighted by Gasteiger charge is -2.09. The predicted molar refractivity (Wildman–Crippen MR) is 55.2 cm³/mol. The van der Waals surface area contributed by atoms with Gasteiger partial charge in [-0.1, -0.05) is 12.1 Å². The summed E-state index contributed by atoms with van der Waals surface area (Å²) in [6.45, 7) is -0.661. The molecule has 90 valence electrons. The van der Waals surface area contributed by atoms with Gasteiger partial charge in [0.05, 0.1) is 17.7 Å². The number of aliphatic hydroxyl groups is 1. The molecule has 16 heavy (non-hydrogen) atoms. The Morgan fingerprint density at radius 2 is 1.75 bits per heavy atom. The first kappa shape index (κ1) is 13.1. The van der Waals surface area contributed by atoms with Crippen LogP contribution in [0.2, 0.25) is 0 Å². The molecule has 0 saturated carbocycles. The van der Waals surface area contributed by atoms with Crippen LogP contribution in [0.5, 0.6) is 0 Å². The van der Waals surface area contributed by atoms with Crippen molar-refractivity contribution in [2.24, 2.45) is 0 Å². The molecule has 0 bridgehead atoms. The predicted octanol–water partition coefficient (Wildman–Crippen LogP) is 1.78. The van der Waals surface area contributed by atoms with E-state index < -0.39 is 28.6 Å². The van der Waals surface area contributed by atoms with E-state index in [4.69, 9.17) is 0 Å². The average Bonchev–Trinajstić information content (AvgIpc) is 2.29. The average molecular weight is 250 g/mol. The van der Waals surface area contributed by atoms with Crippen molar-refractivity contribution in [3.63, 3.8) is 0 Å². The lowest BCUT2D eigenvalue weighted by molar-refractivity contribution is 0.156. The van der Waals surface area contributed by atoms with E-state index in [0.717, 1.165) is 0 Å². The molecule has 0 aliphatic carbocycles. The summed E-state index contributed by atoms with van der Waals surface area (Å²) in [7, 11) is -3.88. The van der Waals surface area contributed by atoms with Crippen LogP contribution < -0.4 is 0 Å². The summed E-state index contributed by atoms with van der Waals surface area (Å²) in [5, 5.41) is 9.41. The van der Waals surface area contributed by atoms with Crippen LogP contribution in [0.15, 0.2) is 29.2 Å². The first-order valence-electron chi connectivity index (χ1n) is 4.64. The minimum atomic E-state index is -3.88. The molecule has 0 saturated heterocycles. The Hall–Kier alpha value is -1.01. The molecule has 3 nitrogen and oxygen atoms in total. The number of hydrogen-bond acceptors (Lipinski definition) is 3. The van der Waals surface area contributed by atoms with E-state index >= 15 is 0 Å². The fourth-order valence-corrected chi connectivity index (χ4v) is 1.91. The Morgan fingerprint density at radius 3 is 2.19 bits per heavy atom. The van der Waals surface area contributed by atoms with Crippen LogP contribution in [0.4, 0.5) is 8.78 Å². The molecule has 0 aliphatic heterocycles. The van der Waals surface area contributed by atoms with Crippen molar-refractivity contribution in [1.29, 1.82) is 0 Å². The van der Waals surface area contributed by atoms with Gasteiger partial charge in [-0.15, -0.1) is 0 Å². The van der Waals surface area contributed by atoms with E-state index in [0.29, 0.717) is 5.56 Å². The van der Waals surface area contributed by atoms with Gasteiger partial charge in [0.15, 0.2) is 6.01 Å². The normalized spacial score (nSPS) is 13.7. The molecule has 0 unspecified atom stereocenters. The van der Waals surface area contributed by atoms with Crippen LogP contribution in [0, 0.1) is 0 Å². The van der Waals surface area contributed by atoms with Crippen molar-refractivity contribution in [1.82, 2.24) is 0 Å². The second-order valence-corrected chi connectivity index (χ2v) is 5.21. The number of halogens is 2. The Kier molecular flexibility index (Phi) is 4.37. The minimum absolute atomic E-state index is 0.0464. The van der Waals surface area contributed by atoms with Gasteiger partial charge in [-0.05, 0) is 17.7 Å². The lowest BCUT2D eigenvalue weighted by atomic mass is 10.1. The molecule has 0 aromatic heterocycles. The van der Waals surface area contributed by atoms with Gasteiger partial charge in [-0.25, -0.2) is 12.8 Å². The van der Waals surface area contributed by atoms with Crippen LogP contribution in [0.1, 0.15) is 18.1 Å². The van der Waals surface area contributed by atoms with Crippen molar-refractivity contribution in [3.05, 3.63) is 29.8 Å². The van der Waals surface area contributed by atoms with Gasteiger partial charge >= 0.3 is 0 Å².